The van der Waals surface area contributed by atoms with Crippen molar-refractivity contribution in [2.24, 2.45) is 0 Å². The van der Waals surface area contributed by atoms with E-state index in [2.05, 4.69) is 21.2 Å². The minimum absolute atomic E-state index is 0.0937. The number of carbonyl (C=O) groups excluding carboxylic acids is 1. The van der Waals surface area contributed by atoms with E-state index < -0.39 is 0 Å². The number of benzene rings is 1. The van der Waals surface area contributed by atoms with Gasteiger partial charge in [0.25, 0.3) is 5.91 Å². The van der Waals surface area contributed by atoms with Gasteiger partial charge in [0, 0.05) is 22.1 Å². The zero-order valence-electron chi connectivity index (χ0n) is 11.3. The van der Waals surface area contributed by atoms with Crippen molar-refractivity contribution >= 4 is 27.4 Å². The monoisotopic (exact) mass is 343 g/mol. The number of amides is 1. The summed E-state index contributed by atoms with van der Waals surface area (Å²) in [6, 6.07) is 3.60. The highest BCUT2D eigenvalue weighted by molar-refractivity contribution is 9.10. The lowest BCUT2D eigenvalue weighted by molar-refractivity contribution is 0.0958. The molecule has 1 amide bonds. The number of hydrogen-bond donors (Lipinski definition) is 2. The topological polar surface area (TPSA) is 49.3 Å². The molecule has 1 aliphatic heterocycles. The van der Waals surface area contributed by atoms with Gasteiger partial charge < -0.3 is 10.4 Å². The molecule has 0 radical (unpaired) electrons. The van der Waals surface area contributed by atoms with Crippen LogP contribution in [0, 0.1) is 0 Å². The quantitative estimate of drug-likeness (QED) is 0.822. The summed E-state index contributed by atoms with van der Waals surface area (Å²) in [4.78, 5) is 12.3. The molecule has 1 aliphatic carbocycles. The van der Waals surface area contributed by atoms with Crippen molar-refractivity contribution in [1.82, 2.24) is 5.32 Å². The van der Waals surface area contributed by atoms with Gasteiger partial charge in [0.05, 0.1) is 6.61 Å². The third kappa shape index (κ3) is 2.64. The largest absolute Gasteiger partial charge is 0.392 e. The number of rotatable bonds is 1. The molecule has 2 N–H and O–H groups in total. The Labute approximate surface area is 131 Å². The first-order chi connectivity index (χ1) is 10.2. The molecular formula is C17H14BrNO2. The number of aliphatic hydroxyl groups excluding tert-OH is 1. The summed E-state index contributed by atoms with van der Waals surface area (Å²) in [6.45, 7) is 0.391. The zero-order valence-corrected chi connectivity index (χ0v) is 12.9. The van der Waals surface area contributed by atoms with Crippen LogP contribution in [-0.2, 0) is 6.61 Å². The van der Waals surface area contributed by atoms with E-state index in [4.69, 9.17) is 0 Å². The normalized spacial score (nSPS) is 24.8. The summed E-state index contributed by atoms with van der Waals surface area (Å²) in [6.07, 6.45) is 11.9. The number of carbonyl (C=O) groups is 1. The molecule has 0 saturated carbocycles. The van der Waals surface area contributed by atoms with Crippen molar-refractivity contribution in [3.63, 3.8) is 0 Å². The highest BCUT2D eigenvalue weighted by Crippen LogP contribution is 2.36. The third-order valence-corrected chi connectivity index (χ3v) is 4.15. The number of halogens is 1. The number of fused-ring (bicyclic) bond motifs is 3. The van der Waals surface area contributed by atoms with E-state index in [0.717, 1.165) is 21.2 Å². The highest BCUT2D eigenvalue weighted by Gasteiger charge is 2.24. The van der Waals surface area contributed by atoms with E-state index in [1.807, 2.05) is 42.5 Å². The van der Waals surface area contributed by atoms with Crippen molar-refractivity contribution in [3.8, 4) is 0 Å². The van der Waals surface area contributed by atoms with Crippen LogP contribution in [0.15, 0.2) is 58.6 Å². The lowest BCUT2D eigenvalue weighted by atomic mass is 9.92. The minimum atomic E-state index is -0.123. The van der Waals surface area contributed by atoms with Crippen LogP contribution in [0.3, 0.4) is 0 Å². The van der Waals surface area contributed by atoms with E-state index in [1.54, 1.807) is 6.07 Å². The van der Waals surface area contributed by atoms with Gasteiger partial charge in [0.15, 0.2) is 0 Å². The fourth-order valence-corrected chi connectivity index (χ4v) is 3.25. The second-order valence-corrected chi connectivity index (χ2v) is 5.74. The molecule has 0 atom stereocenters. The van der Waals surface area contributed by atoms with E-state index in [9.17, 15) is 9.90 Å². The molecule has 4 heteroatoms. The van der Waals surface area contributed by atoms with E-state index >= 15 is 0 Å². The summed E-state index contributed by atoms with van der Waals surface area (Å²) in [5.74, 6) is -0.123. The molecular weight excluding hydrogens is 330 g/mol. The van der Waals surface area contributed by atoms with Crippen LogP contribution < -0.4 is 5.32 Å². The molecule has 0 saturated heterocycles. The molecule has 0 unspecified atom stereocenters. The maximum Gasteiger partial charge on any atom is 0.252 e. The molecule has 106 valence electrons. The van der Waals surface area contributed by atoms with Crippen LogP contribution in [0.25, 0.3) is 5.57 Å². The summed E-state index contributed by atoms with van der Waals surface area (Å²) < 4.78 is 0.816. The number of nitrogens with one attached hydrogen (secondary N) is 1. The molecule has 0 fully saturated rings. The summed E-state index contributed by atoms with van der Waals surface area (Å²) in [5, 5.41) is 12.3. The fourth-order valence-electron chi connectivity index (χ4n) is 2.52. The van der Waals surface area contributed by atoms with Gasteiger partial charge in [-0.2, -0.15) is 0 Å². The molecule has 21 heavy (non-hydrogen) atoms. The standard InChI is InChI=1S/C17H14BrNO2/c18-15-8-11(10-20)7-14-16(15)13-6-4-2-1-3-5-12(13)9-19-17(14)21/h1-8,20H,9-10H2,(H,19,21)/b2-1?,3-1-,4-2-,5-3?,6-4?,12-5-,13-6+. The van der Waals surface area contributed by atoms with Gasteiger partial charge in [-0.15, -0.1) is 0 Å². The first-order valence-electron chi connectivity index (χ1n) is 6.67. The molecule has 3 rings (SSSR count). The van der Waals surface area contributed by atoms with Gasteiger partial charge in [-0.25, -0.2) is 0 Å². The van der Waals surface area contributed by atoms with Crippen molar-refractivity contribution < 1.29 is 9.90 Å². The molecule has 1 heterocycles. The zero-order chi connectivity index (χ0) is 14.8. The third-order valence-electron chi connectivity index (χ3n) is 3.53. The molecule has 0 bridgehead atoms. The Hall–Kier alpha value is -1.91. The van der Waals surface area contributed by atoms with Crippen LogP contribution in [0.1, 0.15) is 21.5 Å². The van der Waals surface area contributed by atoms with E-state index in [-0.39, 0.29) is 12.5 Å². The van der Waals surface area contributed by atoms with Crippen molar-refractivity contribution in [3.05, 3.63) is 75.3 Å². The lowest BCUT2D eigenvalue weighted by Crippen LogP contribution is -2.23. The Kier molecular flexibility index (Phi) is 3.90. The number of allylic oxidation sites excluding steroid dienone is 6. The number of hydrogen-bond acceptors (Lipinski definition) is 2. The van der Waals surface area contributed by atoms with Gasteiger partial charge in [0.2, 0.25) is 0 Å². The minimum Gasteiger partial charge on any atom is -0.392 e. The van der Waals surface area contributed by atoms with Gasteiger partial charge in [-0.3, -0.25) is 4.79 Å². The second-order valence-electron chi connectivity index (χ2n) is 4.88. The number of aliphatic hydroxyl groups is 1. The maximum atomic E-state index is 12.3. The molecule has 2 aliphatic rings. The highest BCUT2D eigenvalue weighted by atomic mass is 79.9. The van der Waals surface area contributed by atoms with Crippen molar-refractivity contribution in [2.75, 3.05) is 6.54 Å². The van der Waals surface area contributed by atoms with Gasteiger partial charge in [-0.05, 0) is 28.8 Å². The average Bonchev–Trinajstić information content (AvgIpc) is 2.57. The molecule has 1 aromatic rings. The second kappa shape index (κ2) is 5.84. The van der Waals surface area contributed by atoms with Gasteiger partial charge >= 0.3 is 0 Å². The van der Waals surface area contributed by atoms with Crippen LogP contribution in [0.2, 0.25) is 0 Å². The average molecular weight is 344 g/mol. The first kappa shape index (κ1) is 14.0. The Morgan fingerprint density at radius 3 is 2.67 bits per heavy atom. The Morgan fingerprint density at radius 1 is 1.14 bits per heavy atom. The predicted octanol–water partition coefficient (Wildman–Crippen LogP) is 3.12. The fraction of sp³-hybridized carbons (Fsp3) is 0.118. The SMILES string of the molecule is O=C1NCC2=C/C=C\C=C/C=C\2c2c(Br)cc(CO)cc21. The molecule has 0 aromatic heterocycles. The Morgan fingerprint density at radius 2 is 1.90 bits per heavy atom. The first-order valence-corrected chi connectivity index (χ1v) is 7.46. The Balaban J connectivity index is 2.28. The van der Waals surface area contributed by atoms with Crippen LogP contribution in [0.5, 0.6) is 0 Å². The Bertz CT molecular complexity index is 727. The molecule has 0 spiro atoms. The summed E-state index contributed by atoms with van der Waals surface area (Å²) in [7, 11) is 0. The molecule has 1 aromatic carbocycles. The summed E-state index contributed by atoms with van der Waals surface area (Å²) in [5.41, 5.74) is 4.24. The van der Waals surface area contributed by atoms with E-state index in [1.165, 1.54) is 0 Å². The van der Waals surface area contributed by atoms with Crippen molar-refractivity contribution in [1.29, 1.82) is 0 Å². The summed E-state index contributed by atoms with van der Waals surface area (Å²) >= 11 is 3.54. The van der Waals surface area contributed by atoms with Gasteiger partial charge in [0.1, 0.15) is 0 Å². The maximum absolute atomic E-state index is 12.3. The lowest BCUT2D eigenvalue weighted by Gasteiger charge is -2.13. The van der Waals surface area contributed by atoms with E-state index in [0.29, 0.717) is 17.7 Å². The van der Waals surface area contributed by atoms with Crippen LogP contribution in [-0.4, -0.2) is 17.6 Å². The predicted molar refractivity (Wildman–Crippen MR) is 86.7 cm³/mol. The smallest absolute Gasteiger partial charge is 0.252 e. The molecule has 3 nitrogen and oxygen atoms in total. The van der Waals surface area contributed by atoms with Crippen molar-refractivity contribution in [2.45, 2.75) is 6.61 Å². The van der Waals surface area contributed by atoms with Crippen LogP contribution >= 0.6 is 15.9 Å². The van der Waals surface area contributed by atoms with Gasteiger partial charge in [-0.1, -0.05) is 52.4 Å². The van der Waals surface area contributed by atoms with Crippen LogP contribution in [0.4, 0.5) is 0 Å².